The number of likely N-dealkylation sites (tertiary alicyclic amines) is 1. The second-order valence-corrected chi connectivity index (χ2v) is 9.78. The number of benzene rings is 1. The number of rotatable bonds is 7. The van der Waals surface area contributed by atoms with E-state index >= 15 is 0 Å². The summed E-state index contributed by atoms with van der Waals surface area (Å²) in [6, 6.07) is 5.79. The van der Waals surface area contributed by atoms with E-state index in [2.05, 4.69) is 22.0 Å². The Morgan fingerprint density at radius 3 is 2.34 bits per heavy atom. The SMILES string of the molecule is CN[C@@H](C)C(=O)N[C@H](C(=O)N1CC(=O)C[C@H]1C(=O)N[C@@H]1CCCc2ccccc21)C(C)C.O=CC(F)(F)F. The third kappa shape index (κ3) is 8.37. The number of hydrogen-bond acceptors (Lipinski definition) is 6. The molecule has 2 aliphatic rings. The maximum atomic E-state index is 13.3. The summed E-state index contributed by atoms with van der Waals surface area (Å²) in [6.45, 7) is 5.26. The lowest BCUT2D eigenvalue weighted by Gasteiger charge is -2.32. The van der Waals surface area contributed by atoms with Crippen LogP contribution in [0.3, 0.4) is 0 Å². The smallest absolute Gasteiger partial charge is 0.347 e. The minimum absolute atomic E-state index is 0.00236. The summed E-state index contributed by atoms with van der Waals surface area (Å²) in [6.07, 6.45) is -2.93. The second kappa shape index (κ2) is 13.5. The summed E-state index contributed by atoms with van der Waals surface area (Å²) < 4.78 is 31.2. The van der Waals surface area contributed by atoms with Gasteiger partial charge in [-0.3, -0.25) is 24.0 Å². The highest BCUT2D eigenvalue weighted by molar-refractivity contribution is 6.01. The van der Waals surface area contributed by atoms with Gasteiger partial charge in [0.1, 0.15) is 12.1 Å². The van der Waals surface area contributed by atoms with Gasteiger partial charge in [-0.1, -0.05) is 38.1 Å². The number of carbonyl (C=O) groups is 5. The Hall–Kier alpha value is -3.28. The third-order valence-corrected chi connectivity index (χ3v) is 6.61. The molecular formula is C26H35F3N4O5. The van der Waals surface area contributed by atoms with Crippen LogP contribution in [0.2, 0.25) is 0 Å². The number of alkyl halides is 3. The normalized spacial score (nSPS) is 20.5. The lowest BCUT2D eigenvalue weighted by Crippen LogP contribution is -2.57. The van der Waals surface area contributed by atoms with E-state index in [4.69, 9.17) is 4.79 Å². The Bertz CT molecular complexity index is 1030. The van der Waals surface area contributed by atoms with E-state index < -0.39 is 36.5 Å². The topological polar surface area (TPSA) is 125 Å². The molecule has 0 radical (unpaired) electrons. The Morgan fingerprint density at radius 1 is 1.13 bits per heavy atom. The van der Waals surface area contributed by atoms with Crippen molar-refractivity contribution in [2.45, 2.75) is 76.8 Å². The number of amides is 3. The standard InChI is InChI=1S/C24H34N4O4.C2HF3O/c1-14(2)21(27-22(30)15(3)25-4)24(32)28-13-17(29)12-20(28)23(31)26-19-11-7-9-16-8-5-6-10-18(16)19;3-2(4,5)1-6/h5-6,8,10,14-15,19-21,25H,7,9,11-13H2,1-4H3,(H,26,31)(H,27,30);1H/t15-,19+,20-,21-;/m0./s1. The van der Waals surface area contributed by atoms with E-state index in [-0.39, 0.29) is 42.5 Å². The van der Waals surface area contributed by atoms with Gasteiger partial charge in [0.15, 0.2) is 5.78 Å². The van der Waals surface area contributed by atoms with Crippen LogP contribution in [0, 0.1) is 5.92 Å². The zero-order valence-corrected chi connectivity index (χ0v) is 21.9. The second-order valence-electron chi connectivity index (χ2n) is 9.78. The number of aldehydes is 1. The van der Waals surface area contributed by atoms with Crippen molar-refractivity contribution in [2.24, 2.45) is 5.92 Å². The first-order valence-electron chi connectivity index (χ1n) is 12.5. The highest BCUT2D eigenvalue weighted by atomic mass is 19.4. The fraction of sp³-hybridized carbons (Fsp3) is 0.577. The van der Waals surface area contributed by atoms with Gasteiger partial charge in [0.2, 0.25) is 24.0 Å². The number of hydrogen-bond donors (Lipinski definition) is 3. The molecular weight excluding hydrogens is 505 g/mol. The molecule has 1 aliphatic heterocycles. The molecule has 0 spiro atoms. The number of aryl methyl sites for hydroxylation is 1. The number of carbonyl (C=O) groups excluding carboxylic acids is 5. The highest BCUT2D eigenvalue weighted by Crippen LogP contribution is 2.30. The lowest BCUT2D eigenvalue weighted by molar-refractivity contribution is -0.156. The average molecular weight is 541 g/mol. The lowest BCUT2D eigenvalue weighted by atomic mass is 9.87. The van der Waals surface area contributed by atoms with Crippen LogP contribution in [0.4, 0.5) is 13.2 Å². The molecule has 3 amide bonds. The molecule has 4 atom stereocenters. The summed E-state index contributed by atoms with van der Waals surface area (Å²) >= 11 is 0. The van der Waals surface area contributed by atoms with Gasteiger partial charge >= 0.3 is 6.18 Å². The quantitative estimate of drug-likeness (QED) is 0.454. The molecule has 1 saturated heterocycles. The molecule has 0 saturated carbocycles. The third-order valence-electron chi connectivity index (χ3n) is 6.61. The summed E-state index contributed by atoms with van der Waals surface area (Å²) in [5, 5.41) is 8.70. The Kier molecular flexibility index (Phi) is 11.0. The maximum absolute atomic E-state index is 13.3. The first-order valence-corrected chi connectivity index (χ1v) is 12.5. The van der Waals surface area contributed by atoms with Gasteiger partial charge in [-0.05, 0) is 50.3 Å². The van der Waals surface area contributed by atoms with Crippen LogP contribution in [-0.2, 0) is 30.4 Å². The van der Waals surface area contributed by atoms with Crippen LogP contribution in [0.25, 0.3) is 0 Å². The Morgan fingerprint density at radius 2 is 1.76 bits per heavy atom. The zero-order chi connectivity index (χ0) is 28.6. The Labute approximate surface area is 219 Å². The molecule has 0 unspecified atom stereocenters. The van der Waals surface area contributed by atoms with Crippen molar-refractivity contribution in [3.8, 4) is 0 Å². The van der Waals surface area contributed by atoms with E-state index in [1.165, 1.54) is 10.5 Å². The number of ketones is 1. The van der Waals surface area contributed by atoms with Crippen molar-refractivity contribution >= 4 is 29.8 Å². The molecule has 1 aromatic carbocycles. The predicted molar refractivity (Wildman–Crippen MR) is 133 cm³/mol. The summed E-state index contributed by atoms with van der Waals surface area (Å²) in [4.78, 5) is 61.2. The van der Waals surface area contributed by atoms with Gasteiger partial charge in [-0.25, -0.2) is 0 Å². The van der Waals surface area contributed by atoms with Crippen LogP contribution in [0.5, 0.6) is 0 Å². The Balaban J connectivity index is 0.000000757. The van der Waals surface area contributed by atoms with Gasteiger partial charge in [-0.15, -0.1) is 0 Å². The average Bonchev–Trinajstić information content (AvgIpc) is 3.28. The first-order chi connectivity index (χ1) is 17.8. The van der Waals surface area contributed by atoms with E-state index in [0.717, 1.165) is 24.8 Å². The van der Waals surface area contributed by atoms with Crippen molar-refractivity contribution in [2.75, 3.05) is 13.6 Å². The molecule has 38 heavy (non-hydrogen) atoms. The van der Waals surface area contributed by atoms with Crippen LogP contribution < -0.4 is 16.0 Å². The molecule has 1 heterocycles. The molecule has 0 aromatic heterocycles. The maximum Gasteiger partial charge on any atom is 0.446 e. The molecule has 12 heteroatoms. The van der Waals surface area contributed by atoms with Gasteiger partial charge in [-0.2, -0.15) is 13.2 Å². The molecule has 3 N–H and O–H groups in total. The molecule has 9 nitrogen and oxygen atoms in total. The molecule has 210 valence electrons. The number of fused-ring (bicyclic) bond motifs is 1. The number of likely N-dealkylation sites (N-methyl/N-ethyl adjacent to an activating group) is 1. The summed E-state index contributed by atoms with van der Waals surface area (Å²) in [5.74, 6) is -1.36. The fourth-order valence-corrected chi connectivity index (χ4v) is 4.43. The van der Waals surface area contributed by atoms with Crippen molar-refractivity contribution in [1.29, 1.82) is 0 Å². The first kappa shape index (κ1) is 30.9. The summed E-state index contributed by atoms with van der Waals surface area (Å²) in [7, 11) is 1.67. The molecule has 1 aromatic rings. The monoisotopic (exact) mass is 540 g/mol. The van der Waals surface area contributed by atoms with E-state index in [9.17, 15) is 32.3 Å². The van der Waals surface area contributed by atoms with Crippen LogP contribution in [-0.4, -0.2) is 72.6 Å². The largest absolute Gasteiger partial charge is 0.446 e. The van der Waals surface area contributed by atoms with Gasteiger partial charge < -0.3 is 20.9 Å². The highest BCUT2D eigenvalue weighted by Gasteiger charge is 2.43. The van der Waals surface area contributed by atoms with Gasteiger partial charge in [0.25, 0.3) is 0 Å². The van der Waals surface area contributed by atoms with Gasteiger partial charge in [0, 0.05) is 6.42 Å². The van der Waals surface area contributed by atoms with Crippen LogP contribution >= 0.6 is 0 Å². The summed E-state index contributed by atoms with van der Waals surface area (Å²) in [5.41, 5.74) is 2.32. The van der Waals surface area contributed by atoms with Gasteiger partial charge in [0.05, 0.1) is 18.6 Å². The number of Topliss-reactive ketones (excluding diaryl/α,β-unsaturated/α-hetero) is 1. The zero-order valence-electron chi connectivity index (χ0n) is 21.9. The van der Waals surface area contributed by atoms with Crippen LogP contribution in [0.1, 0.15) is 57.2 Å². The molecule has 1 aliphatic carbocycles. The molecule has 1 fully saturated rings. The predicted octanol–water partition coefficient (Wildman–Crippen LogP) is 1.85. The minimum Gasteiger partial charge on any atom is -0.347 e. The van der Waals surface area contributed by atoms with Crippen LogP contribution in [0.15, 0.2) is 24.3 Å². The molecule has 3 rings (SSSR count). The van der Waals surface area contributed by atoms with E-state index in [1.807, 2.05) is 32.0 Å². The fourth-order valence-electron chi connectivity index (χ4n) is 4.43. The van der Waals surface area contributed by atoms with Crippen molar-refractivity contribution < 1.29 is 37.1 Å². The number of halogens is 3. The number of nitrogens with zero attached hydrogens (tertiary/aromatic N) is 1. The van der Waals surface area contributed by atoms with E-state index in [1.54, 1.807) is 14.0 Å². The van der Waals surface area contributed by atoms with Crippen molar-refractivity contribution in [3.63, 3.8) is 0 Å². The van der Waals surface area contributed by atoms with Crippen molar-refractivity contribution in [1.82, 2.24) is 20.9 Å². The van der Waals surface area contributed by atoms with E-state index in [0.29, 0.717) is 0 Å². The minimum atomic E-state index is -4.64. The number of nitrogens with one attached hydrogen (secondary N) is 3. The van der Waals surface area contributed by atoms with Crippen molar-refractivity contribution in [3.05, 3.63) is 35.4 Å². The molecule has 0 bridgehead atoms.